The average Bonchev–Trinajstić information content (AvgIpc) is 3.39. The van der Waals surface area contributed by atoms with E-state index in [1.54, 1.807) is 24.3 Å². The summed E-state index contributed by atoms with van der Waals surface area (Å²) in [5.41, 5.74) is -0.182. The molecule has 2 aromatic heterocycles. The molecule has 0 fully saturated rings. The number of para-hydroxylation sites is 1. The molecule has 0 bridgehead atoms. The normalized spacial score (nSPS) is 10.8. The van der Waals surface area contributed by atoms with E-state index in [1.807, 2.05) is 17.5 Å². The molecule has 2 aromatic carbocycles. The van der Waals surface area contributed by atoms with Crippen molar-refractivity contribution >= 4 is 34.7 Å². The summed E-state index contributed by atoms with van der Waals surface area (Å²) < 4.78 is 33.0. The van der Waals surface area contributed by atoms with Gasteiger partial charge in [-0.1, -0.05) is 29.4 Å². The molecule has 0 atom stereocenters. The van der Waals surface area contributed by atoms with Crippen LogP contribution in [0.5, 0.6) is 0 Å². The van der Waals surface area contributed by atoms with Gasteiger partial charge in [0.1, 0.15) is 17.2 Å². The molecule has 9 heteroatoms. The number of halogens is 2. The maximum absolute atomic E-state index is 13.9. The number of hydrogen-bond donors (Lipinski definition) is 1. The predicted molar refractivity (Wildman–Crippen MR) is 108 cm³/mol. The Morgan fingerprint density at radius 2 is 1.86 bits per heavy atom. The summed E-state index contributed by atoms with van der Waals surface area (Å²) in [5, 5.41) is 8.45. The second kappa shape index (κ2) is 8.54. The third-order valence-corrected chi connectivity index (χ3v) is 5.81. The highest BCUT2D eigenvalue weighted by atomic mass is 32.2. The lowest BCUT2D eigenvalue weighted by Gasteiger charge is -2.11. The number of nitrogens with one attached hydrogen (secondary N) is 1. The first kappa shape index (κ1) is 19.3. The van der Waals surface area contributed by atoms with E-state index in [1.165, 1.54) is 29.2 Å². The van der Waals surface area contributed by atoms with Crippen LogP contribution in [0.25, 0.3) is 10.8 Å². The van der Waals surface area contributed by atoms with E-state index < -0.39 is 23.1 Å². The largest absolute Gasteiger partial charge is 0.333 e. The van der Waals surface area contributed by atoms with Crippen molar-refractivity contribution < 1.29 is 18.1 Å². The molecule has 4 aromatic rings. The van der Waals surface area contributed by atoms with Crippen LogP contribution in [0.4, 0.5) is 14.5 Å². The molecule has 5 nitrogen and oxygen atoms in total. The van der Waals surface area contributed by atoms with Gasteiger partial charge in [-0.2, -0.15) is 4.98 Å². The lowest BCUT2D eigenvalue weighted by Crippen LogP contribution is -2.16. The summed E-state index contributed by atoms with van der Waals surface area (Å²) in [4.78, 5) is 18.3. The SMILES string of the molecule is O=C(Nc1ccccc1SCc1noc(-c2cccs2)n1)c1c(F)cccc1F. The van der Waals surface area contributed by atoms with Gasteiger partial charge in [-0.3, -0.25) is 4.79 Å². The second-order valence-corrected chi connectivity index (χ2v) is 7.79. The minimum Gasteiger partial charge on any atom is -0.333 e. The predicted octanol–water partition coefficient (Wildman–Crippen LogP) is 5.62. The minimum absolute atomic E-state index is 0.399. The molecule has 0 unspecified atom stereocenters. The van der Waals surface area contributed by atoms with Crippen molar-refractivity contribution in [1.29, 1.82) is 0 Å². The number of nitrogens with zero attached hydrogens (tertiary/aromatic N) is 2. The number of anilines is 1. The molecule has 0 aliphatic heterocycles. The molecule has 29 heavy (non-hydrogen) atoms. The van der Waals surface area contributed by atoms with Crippen molar-refractivity contribution in [3.05, 3.63) is 83.0 Å². The zero-order valence-electron chi connectivity index (χ0n) is 14.8. The lowest BCUT2D eigenvalue weighted by molar-refractivity contribution is 0.101. The smallest absolute Gasteiger partial charge is 0.268 e. The minimum atomic E-state index is -0.916. The van der Waals surface area contributed by atoms with E-state index in [-0.39, 0.29) is 0 Å². The molecule has 0 saturated heterocycles. The van der Waals surface area contributed by atoms with Crippen LogP contribution in [0.15, 0.2) is 69.4 Å². The Labute approximate surface area is 172 Å². The lowest BCUT2D eigenvalue weighted by atomic mass is 10.2. The zero-order chi connectivity index (χ0) is 20.2. The topological polar surface area (TPSA) is 68.0 Å². The Kier molecular flexibility index (Phi) is 5.68. The Morgan fingerprint density at radius 3 is 2.62 bits per heavy atom. The Morgan fingerprint density at radius 1 is 1.07 bits per heavy atom. The summed E-state index contributed by atoms with van der Waals surface area (Å²) >= 11 is 2.87. The van der Waals surface area contributed by atoms with Crippen LogP contribution in [0.1, 0.15) is 16.2 Å². The summed E-state index contributed by atoms with van der Waals surface area (Å²) in [6.07, 6.45) is 0. The van der Waals surface area contributed by atoms with Crippen molar-refractivity contribution in [2.75, 3.05) is 5.32 Å². The summed E-state index contributed by atoms with van der Waals surface area (Å²) in [5.74, 6) is -1.34. The van der Waals surface area contributed by atoms with Gasteiger partial charge in [0.25, 0.3) is 11.8 Å². The molecule has 0 aliphatic rings. The molecule has 2 heterocycles. The number of carbonyl (C=O) groups excluding carboxylic acids is 1. The fraction of sp³-hybridized carbons (Fsp3) is 0.0500. The van der Waals surface area contributed by atoms with Crippen molar-refractivity contribution in [3.63, 3.8) is 0 Å². The first-order valence-electron chi connectivity index (χ1n) is 8.45. The van der Waals surface area contributed by atoms with Crippen LogP contribution >= 0.6 is 23.1 Å². The van der Waals surface area contributed by atoms with E-state index in [0.717, 1.165) is 17.0 Å². The molecule has 1 N–H and O–H groups in total. The van der Waals surface area contributed by atoms with E-state index in [4.69, 9.17) is 4.52 Å². The highest BCUT2D eigenvalue weighted by molar-refractivity contribution is 7.98. The molecule has 146 valence electrons. The van der Waals surface area contributed by atoms with Gasteiger partial charge in [0.15, 0.2) is 5.82 Å². The zero-order valence-corrected chi connectivity index (χ0v) is 16.4. The Balaban J connectivity index is 1.48. The summed E-state index contributed by atoms with van der Waals surface area (Å²) in [6, 6.07) is 14.1. The van der Waals surface area contributed by atoms with Crippen LogP contribution < -0.4 is 5.32 Å². The van der Waals surface area contributed by atoms with Gasteiger partial charge in [-0.25, -0.2) is 8.78 Å². The molecular formula is C20H13F2N3O2S2. The highest BCUT2D eigenvalue weighted by Gasteiger charge is 2.18. The number of aromatic nitrogens is 2. The fourth-order valence-corrected chi connectivity index (χ4v) is 4.05. The summed E-state index contributed by atoms with van der Waals surface area (Å²) in [7, 11) is 0. The fourth-order valence-electron chi connectivity index (χ4n) is 2.55. The summed E-state index contributed by atoms with van der Waals surface area (Å²) in [6.45, 7) is 0. The van der Waals surface area contributed by atoms with Crippen molar-refractivity contribution in [2.45, 2.75) is 10.6 Å². The van der Waals surface area contributed by atoms with E-state index >= 15 is 0 Å². The van der Waals surface area contributed by atoms with E-state index in [2.05, 4.69) is 15.5 Å². The first-order valence-corrected chi connectivity index (χ1v) is 10.3. The van der Waals surface area contributed by atoms with Crippen molar-refractivity contribution in [2.24, 2.45) is 0 Å². The van der Waals surface area contributed by atoms with Gasteiger partial charge in [-0.05, 0) is 35.7 Å². The number of thiophene rings is 1. The maximum Gasteiger partial charge on any atom is 0.268 e. The number of thioether (sulfide) groups is 1. The molecule has 0 radical (unpaired) electrons. The van der Waals surface area contributed by atoms with Crippen molar-refractivity contribution in [1.82, 2.24) is 10.1 Å². The Hall–Kier alpha value is -3.04. The number of hydrogen-bond acceptors (Lipinski definition) is 6. The van der Waals surface area contributed by atoms with Crippen LogP contribution in [0.3, 0.4) is 0 Å². The average molecular weight is 429 g/mol. The van der Waals surface area contributed by atoms with Crippen LogP contribution in [0.2, 0.25) is 0 Å². The second-order valence-electron chi connectivity index (χ2n) is 5.83. The van der Waals surface area contributed by atoms with Crippen LogP contribution in [0, 0.1) is 11.6 Å². The molecule has 1 amide bonds. The van der Waals surface area contributed by atoms with Crippen molar-refractivity contribution in [3.8, 4) is 10.8 Å². The molecular weight excluding hydrogens is 416 g/mol. The third-order valence-electron chi connectivity index (χ3n) is 3.88. The number of amides is 1. The molecule has 0 aliphatic carbocycles. The van der Waals surface area contributed by atoms with Gasteiger partial charge in [-0.15, -0.1) is 23.1 Å². The highest BCUT2D eigenvalue weighted by Crippen LogP contribution is 2.31. The third kappa shape index (κ3) is 4.36. The van der Waals surface area contributed by atoms with Gasteiger partial charge in [0.2, 0.25) is 0 Å². The van der Waals surface area contributed by atoms with Crippen LogP contribution in [-0.2, 0) is 5.75 Å². The molecule has 0 spiro atoms. The van der Waals surface area contributed by atoms with Crippen LogP contribution in [-0.4, -0.2) is 16.0 Å². The van der Waals surface area contributed by atoms with E-state index in [9.17, 15) is 13.6 Å². The monoisotopic (exact) mass is 429 g/mol. The number of rotatable bonds is 6. The maximum atomic E-state index is 13.9. The van der Waals surface area contributed by atoms with Gasteiger partial charge >= 0.3 is 0 Å². The Bertz CT molecular complexity index is 1130. The van der Waals surface area contributed by atoms with E-state index in [0.29, 0.717) is 28.1 Å². The molecule has 4 rings (SSSR count). The van der Waals surface area contributed by atoms with Gasteiger partial charge in [0, 0.05) is 4.90 Å². The molecule has 0 saturated carbocycles. The van der Waals surface area contributed by atoms with Gasteiger partial charge in [0.05, 0.1) is 16.3 Å². The number of carbonyl (C=O) groups is 1. The number of benzene rings is 2. The first-order chi connectivity index (χ1) is 14.1. The standard InChI is InChI=1S/C20H13F2N3O2S2/c21-12-5-3-6-13(22)18(12)19(26)23-14-7-1-2-8-15(14)29-11-17-24-20(27-25-17)16-9-4-10-28-16/h1-10H,11H2,(H,23,26). The quantitative estimate of drug-likeness (QED) is 0.403. The van der Waals surface area contributed by atoms with Gasteiger partial charge < -0.3 is 9.84 Å².